The molecule has 3 nitrogen and oxygen atoms in total. The molecule has 0 amide bonds. The van der Waals surface area contributed by atoms with Gasteiger partial charge in [-0.15, -0.1) is 0 Å². The molecule has 0 aromatic carbocycles. The number of rotatable bonds is 5. The van der Waals surface area contributed by atoms with E-state index in [0.29, 0.717) is 12.8 Å². The Morgan fingerprint density at radius 1 is 1.08 bits per heavy atom. The van der Waals surface area contributed by atoms with Crippen molar-refractivity contribution in [3.63, 3.8) is 0 Å². The van der Waals surface area contributed by atoms with Gasteiger partial charge in [-0.25, -0.2) is 0 Å². The average Bonchev–Trinajstić information content (AvgIpc) is 2.16. The summed E-state index contributed by atoms with van der Waals surface area (Å²) in [5.41, 5.74) is -0.417. The fourth-order valence-electron chi connectivity index (χ4n) is 0.386. The van der Waals surface area contributed by atoms with E-state index in [1.165, 1.54) is 0 Å². The highest BCUT2D eigenvalue weighted by Crippen LogP contribution is 2.11. The Morgan fingerprint density at radius 3 is 1.46 bits per heavy atom. The van der Waals surface area contributed by atoms with E-state index in [4.69, 9.17) is 5.11 Å². The van der Waals surface area contributed by atoms with Gasteiger partial charge in [0.2, 0.25) is 0 Å². The minimum Gasteiger partial charge on any atom is -0.390 e. The number of carbonyl (C=O) groups is 2. The number of aliphatic hydroxyl groups is 1. The van der Waals surface area contributed by atoms with Crippen LogP contribution < -0.4 is 0 Å². The van der Waals surface area contributed by atoms with Gasteiger partial charge in [0.05, 0.1) is 5.60 Å². The highest BCUT2D eigenvalue weighted by molar-refractivity contribution is 5.58. The number of carbonyl (C=O) groups excluding carboxylic acids is 2. The number of hydrogen-bond acceptors (Lipinski definition) is 3. The van der Waals surface area contributed by atoms with Gasteiger partial charge in [0.15, 0.2) is 0 Å². The van der Waals surface area contributed by atoms with Gasteiger partial charge in [0.1, 0.15) is 12.6 Å². The predicted octanol–water partition coefficient (Wildman–Crippen LogP) is 1.72. The van der Waals surface area contributed by atoms with Crippen LogP contribution in [0, 0.1) is 0 Å². The second-order valence-corrected chi connectivity index (χ2v) is 3.11. The molecular weight excluding hydrogens is 168 g/mol. The van der Waals surface area contributed by atoms with Gasteiger partial charge in [-0.3, -0.25) is 0 Å². The fraction of sp³-hybridized carbons (Fsp3) is 0.800. The van der Waals surface area contributed by atoms with Crippen LogP contribution in [0.15, 0.2) is 0 Å². The molecule has 78 valence electrons. The van der Waals surface area contributed by atoms with Gasteiger partial charge in [-0.2, -0.15) is 0 Å². The van der Waals surface area contributed by atoms with E-state index in [0.717, 1.165) is 25.4 Å². The monoisotopic (exact) mass is 188 g/mol. The first kappa shape index (κ1) is 14.8. The number of unbranched alkanes of at least 4 members (excludes halogenated alkanes) is 1. The molecule has 0 fully saturated rings. The Balaban J connectivity index is 0. The molecule has 0 radical (unpaired) electrons. The quantitative estimate of drug-likeness (QED) is 0.528. The molecule has 0 atom stereocenters. The van der Waals surface area contributed by atoms with E-state index in [1.807, 2.05) is 20.8 Å². The van der Waals surface area contributed by atoms with E-state index in [2.05, 4.69) is 0 Å². The molecule has 0 spiro atoms. The molecule has 0 bridgehead atoms. The van der Waals surface area contributed by atoms with Crippen molar-refractivity contribution in [1.29, 1.82) is 0 Å². The highest BCUT2D eigenvalue weighted by Gasteiger charge is 2.12. The van der Waals surface area contributed by atoms with Crippen molar-refractivity contribution in [3.8, 4) is 0 Å². The van der Waals surface area contributed by atoms with Crippen LogP contribution in [-0.2, 0) is 9.59 Å². The van der Waals surface area contributed by atoms with Crippen LogP contribution in [0.3, 0.4) is 0 Å². The van der Waals surface area contributed by atoms with E-state index in [1.54, 1.807) is 0 Å². The molecule has 0 heterocycles. The number of hydrogen-bond donors (Lipinski definition) is 1. The van der Waals surface area contributed by atoms with Crippen molar-refractivity contribution in [2.45, 2.75) is 52.1 Å². The zero-order valence-corrected chi connectivity index (χ0v) is 8.75. The summed E-state index contributed by atoms with van der Waals surface area (Å²) in [5, 5.41) is 9.13. The molecule has 0 saturated carbocycles. The normalized spacial score (nSPS) is 9.85. The molecule has 0 aliphatic carbocycles. The average molecular weight is 188 g/mol. The lowest BCUT2D eigenvalue weighted by Gasteiger charge is -2.17. The molecule has 3 heteroatoms. The van der Waals surface area contributed by atoms with Crippen LogP contribution in [0.4, 0.5) is 0 Å². The molecule has 0 saturated heterocycles. The van der Waals surface area contributed by atoms with Crippen molar-refractivity contribution in [3.05, 3.63) is 0 Å². The SMILES string of the molecule is CCC(C)(O)CC.O=CCCC=O. The smallest absolute Gasteiger partial charge is 0.120 e. The molecular formula is C10H20O3. The van der Waals surface area contributed by atoms with Crippen molar-refractivity contribution < 1.29 is 14.7 Å². The summed E-state index contributed by atoms with van der Waals surface area (Å²) in [7, 11) is 0. The van der Waals surface area contributed by atoms with E-state index < -0.39 is 5.60 Å². The standard InChI is InChI=1S/C6H14O.C4H6O2/c1-4-6(3,7)5-2;5-3-1-2-4-6/h7H,4-5H2,1-3H3;3-4H,1-2H2. The highest BCUT2D eigenvalue weighted by atomic mass is 16.3. The van der Waals surface area contributed by atoms with Gasteiger partial charge < -0.3 is 14.7 Å². The topological polar surface area (TPSA) is 54.4 Å². The predicted molar refractivity (Wildman–Crippen MR) is 52.6 cm³/mol. The van der Waals surface area contributed by atoms with Crippen molar-refractivity contribution in [1.82, 2.24) is 0 Å². The third-order valence-corrected chi connectivity index (χ3v) is 1.93. The second kappa shape index (κ2) is 9.39. The van der Waals surface area contributed by atoms with Crippen LogP contribution in [0.1, 0.15) is 46.5 Å². The summed E-state index contributed by atoms with van der Waals surface area (Å²) in [6, 6.07) is 0. The van der Waals surface area contributed by atoms with Gasteiger partial charge in [0, 0.05) is 12.8 Å². The maximum absolute atomic E-state index is 9.40. The Labute approximate surface area is 80.1 Å². The lowest BCUT2D eigenvalue weighted by molar-refractivity contribution is -0.112. The van der Waals surface area contributed by atoms with Crippen LogP contribution in [0.2, 0.25) is 0 Å². The van der Waals surface area contributed by atoms with Crippen LogP contribution >= 0.6 is 0 Å². The fourth-order valence-corrected chi connectivity index (χ4v) is 0.386. The zero-order chi connectivity index (χ0) is 10.7. The third-order valence-electron chi connectivity index (χ3n) is 1.93. The van der Waals surface area contributed by atoms with Gasteiger partial charge >= 0.3 is 0 Å². The lowest BCUT2D eigenvalue weighted by atomic mass is 10.0. The largest absolute Gasteiger partial charge is 0.390 e. The van der Waals surface area contributed by atoms with Gasteiger partial charge in [-0.1, -0.05) is 13.8 Å². The molecule has 0 aromatic heterocycles. The molecule has 1 N–H and O–H groups in total. The van der Waals surface area contributed by atoms with Gasteiger partial charge in [0.25, 0.3) is 0 Å². The molecule has 0 aliphatic rings. The van der Waals surface area contributed by atoms with Gasteiger partial charge in [-0.05, 0) is 19.8 Å². The summed E-state index contributed by atoms with van der Waals surface area (Å²) < 4.78 is 0. The Morgan fingerprint density at radius 2 is 1.38 bits per heavy atom. The summed E-state index contributed by atoms with van der Waals surface area (Å²) >= 11 is 0. The number of aldehydes is 2. The van der Waals surface area contributed by atoms with Crippen molar-refractivity contribution in [2.75, 3.05) is 0 Å². The van der Waals surface area contributed by atoms with Crippen LogP contribution in [0.25, 0.3) is 0 Å². The first-order chi connectivity index (χ1) is 6.04. The summed E-state index contributed by atoms with van der Waals surface area (Å²) in [4.78, 5) is 18.8. The zero-order valence-electron chi connectivity index (χ0n) is 8.75. The van der Waals surface area contributed by atoms with E-state index in [9.17, 15) is 9.59 Å². The Kier molecular flexibility index (Phi) is 10.7. The Bertz CT molecular complexity index is 116. The summed E-state index contributed by atoms with van der Waals surface area (Å²) in [6.45, 7) is 5.83. The van der Waals surface area contributed by atoms with E-state index >= 15 is 0 Å². The Hall–Kier alpha value is -0.700. The molecule has 0 aromatic rings. The van der Waals surface area contributed by atoms with E-state index in [-0.39, 0.29) is 0 Å². The maximum atomic E-state index is 9.40. The van der Waals surface area contributed by atoms with Crippen LogP contribution in [-0.4, -0.2) is 23.3 Å². The summed E-state index contributed by atoms with van der Waals surface area (Å²) in [6.07, 6.45) is 3.89. The molecule has 13 heavy (non-hydrogen) atoms. The second-order valence-electron chi connectivity index (χ2n) is 3.11. The molecule has 0 unspecified atom stereocenters. The first-order valence-electron chi connectivity index (χ1n) is 4.63. The maximum Gasteiger partial charge on any atom is 0.120 e. The minimum atomic E-state index is -0.417. The third kappa shape index (κ3) is 14.2. The summed E-state index contributed by atoms with van der Waals surface area (Å²) in [5.74, 6) is 0. The lowest BCUT2D eigenvalue weighted by Crippen LogP contribution is -2.20. The molecule has 0 aliphatic heterocycles. The van der Waals surface area contributed by atoms with Crippen molar-refractivity contribution >= 4 is 12.6 Å². The van der Waals surface area contributed by atoms with Crippen molar-refractivity contribution in [2.24, 2.45) is 0 Å². The molecule has 0 rings (SSSR count). The van der Waals surface area contributed by atoms with Crippen LogP contribution in [0.5, 0.6) is 0 Å². The first-order valence-corrected chi connectivity index (χ1v) is 4.63. The minimum absolute atomic E-state index is 0.365.